The molecule has 1 aromatic carbocycles. The normalized spacial score (nSPS) is 21.0. The Balaban J connectivity index is 1.54. The van der Waals surface area contributed by atoms with Crippen LogP contribution >= 0.6 is 0 Å². The monoisotopic (exact) mass is 244 g/mol. The van der Waals surface area contributed by atoms with E-state index in [0.717, 1.165) is 37.7 Å². The van der Waals surface area contributed by atoms with Gasteiger partial charge in [-0.25, -0.2) is 0 Å². The van der Waals surface area contributed by atoms with Gasteiger partial charge in [-0.2, -0.15) is 0 Å². The van der Waals surface area contributed by atoms with Gasteiger partial charge in [-0.3, -0.25) is 9.69 Å². The molecule has 0 N–H and O–H groups in total. The average Bonchev–Trinajstić information content (AvgIpc) is 3.24. The Labute approximate surface area is 108 Å². The largest absolute Gasteiger partial charge is 0.336 e. The zero-order chi connectivity index (χ0) is 12.4. The van der Waals surface area contributed by atoms with Crippen molar-refractivity contribution in [3.05, 3.63) is 35.9 Å². The van der Waals surface area contributed by atoms with Crippen LogP contribution in [-0.4, -0.2) is 48.4 Å². The zero-order valence-corrected chi connectivity index (χ0v) is 10.7. The topological polar surface area (TPSA) is 23.6 Å². The van der Waals surface area contributed by atoms with E-state index in [-0.39, 0.29) is 5.91 Å². The van der Waals surface area contributed by atoms with E-state index in [0.29, 0.717) is 0 Å². The van der Waals surface area contributed by atoms with Crippen molar-refractivity contribution < 1.29 is 4.79 Å². The van der Waals surface area contributed by atoms with Crippen molar-refractivity contribution in [1.82, 2.24) is 9.80 Å². The molecule has 1 aliphatic carbocycles. The first-order valence-corrected chi connectivity index (χ1v) is 6.89. The molecule has 0 bridgehead atoms. The molecule has 0 aromatic heterocycles. The Hall–Kier alpha value is -1.35. The quantitative estimate of drug-likeness (QED) is 0.810. The number of benzene rings is 1. The first-order valence-electron chi connectivity index (χ1n) is 6.89. The number of hydrogen-bond acceptors (Lipinski definition) is 2. The van der Waals surface area contributed by atoms with Gasteiger partial charge in [0.2, 0.25) is 0 Å². The Morgan fingerprint density at radius 3 is 2.33 bits per heavy atom. The molecule has 96 valence electrons. The fourth-order valence-electron chi connectivity index (χ4n) is 2.56. The summed E-state index contributed by atoms with van der Waals surface area (Å²) in [5.41, 5.74) is 0.813. The van der Waals surface area contributed by atoms with Crippen LogP contribution in [0.2, 0.25) is 0 Å². The van der Waals surface area contributed by atoms with Crippen LogP contribution < -0.4 is 0 Å². The number of hydrogen-bond donors (Lipinski definition) is 0. The molecule has 1 aliphatic heterocycles. The number of nitrogens with zero attached hydrogens (tertiary/aromatic N) is 2. The third-order valence-electron chi connectivity index (χ3n) is 3.89. The van der Waals surface area contributed by atoms with Crippen molar-refractivity contribution in [2.45, 2.75) is 12.8 Å². The maximum Gasteiger partial charge on any atom is 0.253 e. The lowest BCUT2D eigenvalue weighted by Gasteiger charge is -2.34. The second-order valence-corrected chi connectivity index (χ2v) is 5.40. The molecule has 3 rings (SSSR count). The molecule has 1 amide bonds. The van der Waals surface area contributed by atoms with E-state index in [4.69, 9.17) is 0 Å². The smallest absolute Gasteiger partial charge is 0.253 e. The van der Waals surface area contributed by atoms with Gasteiger partial charge in [0.05, 0.1) is 0 Å². The predicted molar refractivity (Wildman–Crippen MR) is 71.5 cm³/mol. The van der Waals surface area contributed by atoms with E-state index in [1.165, 1.54) is 19.4 Å². The fraction of sp³-hybridized carbons (Fsp3) is 0.533. The lowest BCUT2D eigenvalue weighted by molar-refractivity contribution is 0.0632. The maximum atomic E-state index is 12.2. The van der Waals surface area contributed by atoms with Crippen molar-refractivity contribution in [3.63, 3.8) is 0 Å². The minimum Gasteiger partial charge on any atom is -0.336 e. The Kier molecular flexibility index (Phi) is 3.33. The molecule has 1 heterocycles. The van der Waals surface area contributed by atoms with E-state index >= 15 is 0 Å². The predicted octanol–water partition coefficient (Wildman–Crippen LogP) is 1.85. The van der Waals surface area contributed by atoms with Crippen LogP contribution in [0, 0.1) is 5.92 Å². The minimum atomic E-state index is 0.182. The van der Waals surface area contributed by atoms with E-state index in [2.05, 4.69) is 4.90 Å². The number of carbonyl (C=O) groups is 1. The van der Waals surface area contributed by atoms with Crippen LogP contribution in [0.15, 0.2) is 30.3 Å². The lowest BCUT2D eigenvalue weighted by Crippen LogP contribution is -2.49. The summed E-state index contributed by atoms with van der Waals surface area (Å²) in [6.45, 7) is 5.07. The summed E-state index contributed by atoms with van der Waals surface area (Å²) in [5.74, 6) is 1.13. The summed E-state index contributed by atoms with van der Waals surface area (Å²) < 4.78 is 0. The molecule has 1 aromatic rings. The molecule has 2 aliphatic rings. The summed E-state index contributed by atoms with van der Waals surface area (Å²) in [5, 5.41) is 0. The van der Waals surface area contributed by atoms with E-state index < -0.39 is 0 Å². The van der Waals surface area contributed by atoms with E-state index in [9.17, 15) is 4.79 Å². The molecule has 18 heavy (non-hydrogen) atoms. The summed E-state index contributed by atoms with van der Waals surface area (Å²) in [4.78, 5) is 16.7. The lowest BCUT2D eigenvalue weighted by atomic mass is 10.2. The van der Waals surface area contributed by atoms with Crippen molar-refractivity contribution in [1.29, 1.82) is 0 Å². The van der Waals surface area contributed by atoms with Crippen molar-refractivity contribution in [3.8, 4) is 0 Å². The summed E-state index contributed by atoms with van der Waals surface area (Å²) in [6.07, 6.45) is 2.81. The number of carbonyl (C=O) groups excluding carboxylic acids is 1. The first kappa shape index (κ1) is 11.7. The van der Waals surface area contributed by atoms with Crippen LogP contribution in [0.4, 0.5) is 0 Å². The minimum absolute atomic E-state index is 0.182. The van der Waals surface area contributed by atoms with Gasteiger partial charge in [0.15, 0.2) is 0 Å². The standard InChI is InChI=1S/C15H20N2O/c18-15(14-4-2-1-3-5-14)17-10-8-16(9-11-17)12-13-6-7-13/h1-5,13H,6-12H2. The van der Waals surface area contributed by atoms with Gasteiger partial charge in [-0.1, -0.05) is 18.2 Å². The molecule has 1 saturated carbocycles. The molecule has 0 spiro atoms. The summed E-state index contributed by atoms with van der Waals surface area (Å²) in [7, 11) is 0. The second-order valence-electron chi connectivity index (χ2n) is 5.40. The SMILES string of the molecule is O=C(c1ccccc1)N1CCN(CC2CC2)CC1. The van der Waals surface area contributed by atoms with Gasteiger partial charge in [0.25, 0.3) is 5.91 Å². The zero-order valence-electron chi connectivity index (χ0n) is 10.7. The highest BCUT2D eigenvalue weighted by Crippen LogP contribution is 2.29. The molecule has 3 nitrogen and oxygen atoms in total. The fourth-order valence-corrected chi connectivity index (χ4v) is 2.56. The molecular formula is C15H20N2O. The van der Waals surface area contributed by atoms with Crippen LogP contribution in [0.5, 0.6) is 0 Å². The second kappa shape index (κ2) is 5.11. The number of piperazine rings is 1. The maximum absolute atomic E-state index is 12.2. The molecule has 0 radical (unpaired) electrons. The van der Waals surface area contributed by atoms with Gasteiger partial charge in [0.1, 0.15) is 0 Å². The highest BCUT2D eigenvalue weighted by Gasteiger charge is 2.27. The van der Waals surface area contributed by atoms with Crippen molar-refractivity contribution >= 4 is 5.91 Å². The highest BCUT2D eigenvalue weighted by molar-refractivity contribution is 5.94. The van der Waals surface area contributed by atoms with Crippen LogP contribution in [0.25, 0.3) is 0 Å². The summed E-state index contributed by atoms with van der Waals surface area (Å²) in [6, 6.07) is 9.61. The average molecular weight is 244 g/mol. The van der Waals surface area contributed by atoms with Crippen LogP contribution in [0.1, 0.15) is 23.2 Å². The molecule has 3 heteroatoms. The Morgan fingerprint density at radius 1 is 1.06 bits per heavy atom. The molecule has 0 atom stereocenters. The van der Waals surface area contributed by atoms with Gasteiger partial charge in [-0.15, -0.1) is 0 Å². The van der Waals surface area contributed by atoms with Crippen LogP contribution in [0.3, 0.4) is 0 Å². The molecule has 0 unspecified atom stereocenters. The third-order valence-corrected chi connectivity index (χ3v) is 3.89. The number of amides is 1. The highest BCUT2D eigenvalue weighted by atomic mass is 16.2. The molecule has 2 fully saturated rings. The van der Waals surface area contributed by atoms with Gasteiger partial charge in [-0.05, 0) is 30.9 Å². The van der Waals surface area contributed by atoms with Gasteiger partial charge >= 0.3 is 0 Å². The van der Waals surface area contributed by atoms with E-state index in [1.807, 2.05) is 35.2 Å². The Bertz CT molecular complexity index is 406. The number of rotatable bonds is 3. The first-order chi connectivity index (χ1) is 8.83. The molecular weight excluding hydrogens is 224 g/mol. The van der Waals surface area contributed by atoms with Gasteiger partial charge in [0, 0.05) is 38.3 Å². The van der Waals surface area contributed by atoms with Crippen molar-refractivity contribution in [2.24, 2.45) is 5.92 Å². The molecule has 1 saturated heterocycles. The van der Waals surface area contributed by atoms with Crippen molar-refractivity contribution in [2.75, 3.05) is 32.7 Å². The third kappa shape index (κ3) is 2.72. The van der Waals surface area contributed by atoms with Gasteiger partial charge < -0.3 is 4.90 Å². The summed E-state index contributed by atoms with van der Waals surface area (Å²) >= 11 is 0. The Morgan fingerprint density at radius 2 is 1.72 bits per heavy atom. The van der Waals surface area contributed by atoms with Crippen LogP contribution in [-0.2, 0) is 0 Å². The van der Waals surface area contributed by atoms with E-state index in [1.54, 1.807) is 0 Å².